The van der Waals surface area contributed by atoms with Crippen molar-refractivity contribution in [2.24, 2.45) is 0 Å². The fraction of sp³-hybridized carbons (Fsp3) is 0.158. The molecule has 4 rings (SSSR count). The summed E-state index contributed by atoms with van der Waals surface area (Å²) >= 11 is 0. The molecule has 1 N–H and O–H groups in total. The molecule has 3 aromatic rings. The minimum absolute atomic E-state index is 0.231. The van der Waals surface area contributed by atoms with Gasteiger partial charge in [0.15, 0.2) is 6.23 Å². The second kappa shape index (κ2) is 5.13. The average molecular weight is 291 g/mol. The summed E-state index contributed by atoms with van der Waals surface area (Å²) in [5.74, 6) is 0.838. The SMILES string of the molecule is CC1Oc2ccc3ccccc3c2C(c2ccccc2)N1O. The van der Waals surface area contributed by atoms with Crippen LogP contribution in [0.25, 0.3) is 10.8 Å². The second-order valence-electron chi connectivity index (χ2n) is 5.61. The topological polar surface area (TPSA) is 32.7 Å². The van der Waals surface area contributed by atoms with Crippen LogP contribution >= 0.6 is 0 Å². The molecule has 0 aliphatic carbocycles. The number of rotatable bonds is 1. The van der Waals surface area contributed by atoms with E-state index < -0.39 is 0 Å². The van der Waals surface area contributed by atoms with E-state index in [9.17, 15) is 5.21 Å². The Morgan fingerprint density at radius 1 is 0.909 bits per heavy atom. The van der Waals surface area contributed by atoms with Crippen molar-refractivity contribution >= 4 is 10.8 Å². The van der Waals surface area contributed by atoms with E-state index >= 15 is 0 Å². The Labute approximate surface area is 129 Å². The first-order valence-corrected chi connectivity index (χ1v) is 7.46. The Morgan fingerprint density at radius 2 is 1.64 bits per heavy atom. The van der Waals surface area contributed by atoms with Gasteiger partial charge in [-0.05, 0) is 29.3 Å². The van der Waals surface area contributed by atoms with Gasteiger partial charge in [0, 0.05) is 5.56 Å². The molecule has 2 unspecified atom stereocenters. The van der Waals surface area contributed by atoms with Crippen molar-refractivity contribution in [2.45, 2.75) is 19.2 Å². The lowest BCUT2D eigenvalue weighted by Crippen LogP contribution is -2.42. The summed E-state index contributed by atoms with van der Waals surface area (Å²) in [6.45, 7) is 1.86. The van der Waals surface area contributed by atoms with Gasteiger partial charge in [0.1, 0.15) is 5.75 Å². The monoisotopic (exact) mass is 291 g/mol. The summed E-state index contributed by atoms with van der Waals surface area (Å²) in [6, 6.07) is 22.1. The molecule has 0 fully saturated rings. The summed E-state index contributed by atoms with van der Waals surface area (Å²) in [5, 5.41) is 14.2. The van der Waals surface area contributed by atoms with E-state index in [0.29, 0.717) is 0 Å². The van der Waals surface area contributed by atoms with Crippen LogP contribution in [0.1, 0.15) is 24.1 Å². The molecular weight excluding hydrogens is 274 g/mol. The molecular formula is C19H17NO2. The van der Waals surface area contributed by atoms with Crippen molar-refractivity contribution in [1.82, 2.24) is 5.06 Å². The number of ether oxygens (including phenoxy) is 1. The van der Waals surface area contributed by atoms with Crippen LogP contribution in [0.2, 0.25) is 0 Å². The van der Waals surface area contributed by atoms with Crippen LogP contribution in [0, 0.1) is 0 Å². The Balaban J connectivity index is 2.01. The van der Waals surface area contributed by atoms with E-state index in [1.54, 1.807) is 0 Å². The first-order chi connectivity index (χ1) is 10.8. The highest BCUT2D eigenvalue weighted by Crippen LogP contribution is 2.43. The van der Waals surface area contributed by atoms with Crippen molar-refractivity contribution in [3.05, 3.63) is 77.9 Å². The van der Waals surface area contributed by atoms with Gasteiger partial charge in [0.2, 0.25) is 0 Å². The lowest BCUT2D eigenvalue weighted by Gasteiger charge is -2.38. The molecule has 3 nitrogen and oxygen atoms in total. The highest BCUT2D eigenvalue weighted by Gasteiger charge is 2.35. The third-order valence-electron chi connectivity index (χ3n) is 4.25. The molecule has 0 amide bonds. The molecule has 0 spiro atoms. The van der Waals surface area contributed by atoms with Crippen LogP contribution in [-0.4, -0.2) is 16.5 Å². The zero-order chi connectivity index (χ0) is 15.1. The number of hydrogen-bond acceptors (Lipinski definition) is 3. The Hall–Kier alpha value is -2.36. The molecule has 0 radical (unpaired) electrons. The quantitative estimate of drug-likeness (QED) is 0.723. The van der Waals surface area contributed by atoms with Crippen LogP contribution in [0.4, 0.5) is 0 Å². The highest BCUT2D eigenvalue weighted by atomic mass is 16.6. The van der Waals surface area contributed by atoms with E-state index in [1.165, 1.54) is 5.06 Å². The molecule has 2 atom stereocenters. The molecule has 3 aromatic carbocycles. The van der Waals surface area contributed by atoms with E-state index in [4.69, 9.17) is 4.74 Å². The highest BCUT2D eigenvalue weighted by molar-refractivity contribution is 5.88. The standard InChI is InChI=1S/C19H17NO2/c1-13-20(21)19(15-8-3-2-4-9-15)18-16-10-6-5-7-14(16)11-12-17(18)22-13/h2-13,19,21H,1H3. The lowest BCUT2D eigenvalue weighted by atomic mass is 9.91. The third kappa shape index (κ3) is 1.98. The van der Waals surface area contributed by atoms with Crippen LogP contribution in [0.3, 0.4) is 0 Å². The zero-order valence-corrected chi connectivity index (χ0v) is 12.3. The van der Waals surface area contributed by atoms with Gasteiger partial charge < -0.3 is 9.94 Å². The molecule has 3 heteroatoms. The van der Waals surface area contributed by atoms with Gasteiger partial charge in [-0.25, -0.2) is 0 Å². The predicted octanol–water partition coefficient (Wildman–Crippen LogP) is 4.36. The van der Waals surface area contributed by atoms with E-state index in [-0.39, 0.29) is 12.3 Å². The normalized spacial score (nSPS) is 21.4. The van der Waals surface area contributed by atoms with E-state index in [2.05, 4.69) is 18.2 Å². The molecule has 1 heterocycles. The molecule has 0 aromatic heterocycles. The number of nitrogens with zero attached hydrogens (tertiary/aromatic N) is 1. The average Bonchev–Trinajstić information content (AvgIpc) is 2.57. The van der Waals surface area contributed by atoms with Crippen LogP contribution in [-0.2, 0) is 0 Å². The fourth-order valence-electron chi connectivity index (χ4n) is 3.20. The van der Waals surface area contributed by atoms with Crippen LogP contribution in [0.5, 0.6) is 5.75 Å². The van der Waals surface area contributed by atoms with Crippen LogP contribution < -0.4 is 4.74 Å². The Kier molecular flexibility index (Phi) is 3.10. The minimum atomic E-state index is -0.390. The minimum Gasteiger partial charge on any atom is -0.473 e. The first kappa shape index (κ1) is 13.3. The molecule has 0 bridgehead atoms. The zero-order valence-electron chi connectivity index (χ0n) is 12.3. The summed E-state index contributed by atoms with van der Waals surface area (Å²) in [5.41, 5.74) is 2.07. The van der Waals surface area contributed by atoms with Gasteiger partial charge in [-0.2, -0.15) is 0 Å². The lowest BCUT2D eigenvalue weighted by molar-refractivity contribution is -0.209. The van der Waals surface area contributed by atoms with Crippen molar-refractivity contribution in [3.63, 3.8) is 0 Å². The van der Waals surface area contributed by atoms with Gasteiger partial charge in [-0.15, -0.1) is 5.06 Å². The second-order valence-corrected chi connectivity index (χ2v) is 5.61. The number of fused-ring (bicyclic) bond motifs is 3. The summed E-state index contributed by atoms with van der Waals surface area (Å²) < 4.78 is 5.88. The van der Waals surface area contributed by atoms with E-state index in [1.807, 2.05) is 55.5 Å². The van der Waals surface area contributed by atoms with Gasteiger partial charge in [-0.3, -0.25) is 0 Å². The molecule has 22 heavy (non-hydrogen) atoms. The maximum Gasteiger partial charge on any atom is 0.172 e. The molecule has 110 valence electrons. The molecule has 0 saturated carbocycles. The number of benzene rings is 3. The summed E-state index contributed by atoms with van der Waals surface area (Å²) in [4.78, 5) is 0. The van der Waals surface area contributed by atoms with Gasteiger partial charge >= 0.3 is 0 Å². The smallest absolute Gasteiger partial charge is 0.172 e. The number of hydroxylamine groups is 2. The predicted molar refractivity (Wildman–Crippen MR) is 85.9 cm³/mol. The number of hydrogen-bond donors (Lipinski definition) is 1. The Morgan fingerprint density at radius 3 is 2.45 bits per heavy atom. The fourth-order valence-corrected chi connectivity index (χ4v) is 3.20. The van der Waals surface area contributed by atoms with Crippen molar-refractivity contribution in [2.75, 3.05) is 0 Å². The van der Waals surface area contributed by atoms with E-state index in [0.717, 1.165) is 27.6 Å². The van der Waals surface area contributed by atoms with Crippen LogP contribution in [0.15, 0.2) is 66.7 Å². The van der Waals surface area contributed by atoms with Gasteiger partial charge in [-0.1, -0.05) is 60.7 Å². The van der Waals surface area contributed by atoms with Crippen molar-refractivity contribution < 1.29 is 9.94 Å². The third-order valence-corrected chi connectivity index (χ3v) is 4.25. The largest absolute Gasteiger partial charge is 0.473 e. The van der Waals surface area contributed by atoms with Crippen molar-refractivity contribution in [3.8, 4) is 5.75 Å². The maximum absolute atomic E-state index is 10.6. The maximum atomic E-state index is 10.6. The van der Waals surface area contributed by atoms with Crippen molar-refractivity contribution in [1.29, 1.82) is 0 Å². The summed E-state index contributed by atoms with van der Waals surface area (Å²) in [7, 11) is 0. The van der Waals surface area contributed by atoms with Gasteiger partial charge in [0.05, 0.1) is 6.04 Å². The van der Waals surface area contributed by atoms with Gasteiger partial charge in [0.25, 0.3) is 0 Å². The summed E-state index contributed by atoms with van der Waals surface area (Å²) in [6.07, 6.45) is -0.390. The molecule has 1 aliphatic heterocycles. The molecule has 0 saturated heterocycles. The Bertz CT molecular complexity index is 816. The molecule has 1 aliphatic rings. The first-order valence-electron chi connectivity index (χ1n) is 7.46.